The van der Waals surface area contributed by atoms with Gasteiger partial charge in [-0.2, -0.15) is 4.98 Å². The third-order valence-electron chi connectivity index (χ3n) is 4.60. The number of carbonyl (C=O) groups is 1. The van der Waals surface area contributed by atoms with E-state index in [1.807, 2.05) is 29.2 Å². The number of benzene rings is 2. The van der Waals surface area contributed by atoms with Crippen molar-refractivity contribution in [3.05, 3.63) is 70.0 Å². The highest BCUT2D eigenvalue weighted by Crippen LogP contribution is 2.30. The molecule has 1 aromatic heterocycles. The summed E-state index contributed by atoms with van der Waals surface area (Å²) in [5, 5.41) is 4.07. The average molecular weight is 412 g/mol. The molecule has 3 aromatic rings. The Morgan fingerprint density at radius 2 is 1.88 bits per heavy atom. The molecule has 1 fully saturated rings. The van der Waals surface area contributed by atoms with Crippen LogP contribution in [0.25, 0.3) is 11.4 Å². The van der Waals surface area contributed by atoms with Gasteiger partial charge in [0.25, 0.3) is 0 Å². The molecule has 2 heterocycles. The number of rotatable bonds is 4. The van der Waals surface area contributed by atoms with E-state index in [0.29, 0.717) is 31.2 Å². The molecule has 1 aliphatic rings. The Hall–Kier alpha value is -2.47. The van der Waals surface area contributed by atoms with Gasteiger partial charge in [-0.1, -0.05) is 50.9 Å². The molecule has 1 saturated heterocycles. The van der Waals surface area contributed by atoms with Crippen molar-refractivity contribution in [3.8, 4) is 11.4 Å². The number of likely N-dealkylation sites (tertiary alicyclic amines) is 1. The lowest BCUT2D eigenvalue weighted by Gasteiger charge is -2.16. The Morgan fingerprint density at radius 1 is 1.15 bits per heavy atom. The first kappa shape index (κ1) is 17.0. The van der Waals surface area contributed by atoms with Gasteiger partial charge in [-0.3, -0.25) is 4.79 Å². The number of hydrogen-bond donors (Lipinski definition) is 0. The molecule has 0 radical (unpaired) electrons. The lowest BCUT2D eigenvalue weighted by molar-refractivity contribution is -0.128. The first-order valence-electron chi connectivity index (χ1n) is 8.51. The van der Waals surface area contributed by atoms with Gasteiger partial charge in [0.2, 0.25) is 17.6 Å². The molecule has 132 valence electrons. The Labute approximate surface area is 160 Å². The van der Waals surface area contributed by atoms with E-state index in [9.17, 15) is 4.79 Å². The van der Waals surface area contributed by atoms with Crippen LogP contribution in [0.3, 0.4) is 0 Å². The molecule has 1 atom stereocenters. The van der Waals surface area contributed by atoms with Crippen LogP contribution >= 0.6 is 15.9 Å². The van der Waals surface area contributed by atoms with E-state index in [4.69, 9.17) is 4.52 Å². The van der Waals surface area contributed by atoms with Crippen molar-refractivity contribution in [2.75, 3.05) is 6.54 Å². The molecule has 0 aliphatic carbocycles. The molecule has 1 aliphatic heterocycles. The highest BCUT2D eigenvalue weighted by molar-refractivity contribution is 9.10. The number of carbonyl (C=O) groups excluding carboxylic acids is 1. The Balaban J connectivity index is 1.47. The predicted molar refractivity (Wildman–Crippen MR) is 101 cm³/mol. The SMILES string of the molecule is Cc1ccc(CN2CC(c3nc(-c4ccc(Br)cc4)no3)CC2=O)cc1. The summed E-state index contributed by atoms with van der Waals surface area (Å²) < 4.78 is 6.44. The van der Waals surface area contributed by atoms with Crippen molar-refractivity contribution < 1.29 is 9.32 Å². The smallest absolute Gasteiger partial charge is 0.232 e. The maximum Gasteiger partial charge on any atom is 0.232 e. The monoisotopic (exact) mass is 411 g/mol. The fourth-order valence-corrected chi connectivity index (χ4v) is 3.39. The molecule has 0 N–H and O–H groups in total. The van der Waals surface area contributed by atoms with E-state index in [2.05, 4.69) is 57.3 Å². The van der Waals surface area contributed by atoms with Gasteiger partial charge in [-0.05, 0) is 36.8 Å². The lowest BCUT2D eigenvalue weighted by Crippen LogP contribution is -2.24. The molecule has 26 heavy (non-hydrogen) atoms. The summed E-state index contributed by atoms with van der Waals surface area (Å²) >= 11 is 3.41. The predicted octanol–water partition coefficient (Wildman–Crippen LogP) is 4.32. The average Bonchev–Trinajstić information content (AvgIpc) is 3.25. The van der Waals surface area contributed by atoms with Crippen LogP contribution in [0.15, 0.2) is 57.5 Å². The van der Waals surface area contributed by atoms with Crippen molar-refractivity contribution in [2.45, 2.75) is 25.8 Å². The number of aromatic nitrogens is 2. The zero-order chi connectivity index (χ0) is 18.1. The summed E-state index contributed by atoms with van der Waals surface area (Å²) in [6.07, 6.45) is 0.411. The van der Waals surface area contributed by atoms with E-state index < -0.39 is 0 Å². The van der Waals surface area contributed by atoms with Gasteiger partial charge in [0.05, 0.1) is 5.92 Å². The van der Waals surface area contributed by atoms with Crippen molar-refractivity contribution >= 4 is 21.8 Å². The van der Waals surface area contributed by atoms with Crippen molar-refractivity contribution in [1.29, 1.82) is 0 Å². The van der Waals surface area contributed by atoms with Crippen LogP contribution in [0.1, 0.15) is 29.4 Å². The van der Waals surface area contributed by atoms with Gasteiger partial charge in [0.15, 0.2) is 0 Å². The maximum absolute atomic E-state index is 12.4. The van der Waals surface area contributed by atoms with Crippen LogP contribution < -0.4 is 0 Å². The normalized spacial score (nSPS) is 17.1. The van der Waals surface area contributed by atoms with Gasteiger partial charge in [0.1, 0.15) is 0 Å². The van der Waals surface area contributed by atoms with Crippen LogP contribution in [0.2, 0.25) is 0 Å². The lowest BCUT2D eigenvalue weighted by atomic mass is 10.1. The second-order valence-electron chi connectivity index (χ2n) is 6.62. The molecule has 1 unspecified atom stereocenters. The van der Waals surface area contributed by atoms with E-state index in [1.165, 1.54) is 5.56 Å². The van der Waals surface area contributed by atoms with Crippen LogP contribution in [-0.2, 0) is 11.3 Å². The van der Waals surface area contributed by atoms with Gasteiger partial charge in [0, 0.05) is 29.5 Å². The molecular weight excluding hydrogens is 394 g/mol. The number of hydrogen-bond acceptors (Lipinski definition) is 4. The van der Waals surface area contributed by atoms with Crippen molar-refractivity contribution in [1.82, 2.24) is 15.0 Å². The van der Waals surface area contributed by atoms with E-state index >= 15 is 0 Å². The second kappa shape index (κ2) is 7.03. The fraction of sp³-hybridized carbons (Fsp3) is 0.250. The standard InChI is InChI=1S/C20H18BrN3O2/c1-13-2-4-14(5-3-13)11-24-12-16(10-18(24)25)20-22-19(23-26-20)15-6-8-17(21)9-7-15/h2-9,16H,10-12H2,1H3. The summed E-state index contributed by atoms with van der Waals surface area (Å²) in [5.41, 5.74) is 3.24. The minimum atomic E-state index is -0.0513. The molecule has 6 heteroatoms. The Morgan fingerprint density at radius 3 is 2.62 bits per heavy atom. The third-order valence-corrected chi connectivity index (χ3v) is 5.13. The molecule has 2 aromatic carbocycles. The zero-order valence-corrected chi connectivity index (χ0v) is 15.9. The van der Waals surface area contributed by atoms with E-state index in [1.54, 1.807) is 0 Å². The van der Waals surface area contributed by atoms with E-state index in [0.717, 1.165) is 15.6 Å². The quantitative estimate of drug-likeness (QED) is 0.640. The summed E-state index contributed by atoms with van der Waals surface area (Å²) in [4.78, 5) is 18.7. The third kappa shape index (κ3) is 3.55. The second-order valence-corrected chi connectivity index (χ2v) is 7.54. The van der Waals surface area contributed by atoms with Gasteiger partial charge in [-0.15, -0.1) is 0 Å². The first-order chi connectivity index (χ1) is 12.6. The topological polar surface area (TPSA) is 59.2 Å². The summed E-state index contributed by atoms with van der Waals surface area (Å²) in [6, 6.07) is 16.0. The van der Waals surface area contributed by atoms with Gasteiger partial charge < -0.3 is 9.42 Å². The largest absolute Gasteiger partial charge is 0.339 e. The minimum absolute atomic E-state index is 0.0513. The molecule has 0 saturated carbocycles. The van der Waals surface area contributed by atoms with E-state index in [-0.39, 0.29) is 11.8 Å². The Kier molecular flexibility index (Phi) is 4.59. The molecule has 4 rings (SSSR count). The molecule has 5 nitrogen and oxygen atoms in total. The van der Waals surface area contributed by atoms with Gasteiger partial charge in [-0.25, -0.2) is 0 Å². The summed E-state index contributed by atoms with van der Waals surface area (Å²) in [5.74, 6) is 1.16. The molecule has 0 bridgehead atoms. The molecular formula is C20H18BrN3O2. The van der Waals surface area contributed by atoms with Gasteiger partial charge >= 0.3 is 0 Å². The van der Waals surface area contributed by atoms with Crippen molar-refractivity contribution in [2.24, 2.45) is 0 Å². The van der Waals surface area contributed by atoms with Crippen LogP contribution in [0.4, 0.5) is 0 Å². The number of amides is 1. The number of nitrogens with zero attached hydrogens (tertiary/aromatic N) is 3. The number of aryl methyl sites for hydroxylation is 1. The highest BCUT2D eigenvalue weighted by atomic mass is 79.9. The van der Waals surface area contributed by atoms with Crippen LogP contribution in [-0.4, -0.2) is 27.5 Å². The zero-order valence-electron chi connectivity index (χ0n) is 14.4. The molecule has 1 amide bonds. The summed E-state index contributed by atoms with van der Waals surface area (Å²) in [7, 11) is 0. The highest BCUT2D eigenvalue weighted by Gasteiger charge is 2.34. The Bertz CT molecular complexity index is 919. The maximum atomic E-state index is 12.4. The van der Waals surface area contributed by atoms with Crippen molar-refractivity contribution in [3.63, 3.8) is 0 Å². The fourth-order valence-electron chi connectivity index (χ4n) is 3.12. The van der Waals surface area contributed by atoms with Crippen LogP contribution in [0.5, 0.6) is 0 Å². The summed E-state index contributed by atoms with van der Waals surface area (Å²) in [6.45, 7) is 3.28. The minimum Gasteiger partial charge on any atom is -0.339 e. The first-order valence-corrected chi connectivity index (χ1v) is 9.30. The number of halogens is 1. The molecule has 0 spiro atoms. The van der Waals surface area contributed by atoms with Crippen LogP contribution in [0, 0.1) is 6.92 Å².